The summed E-state index contributed by atoms with van der Waals surface area (Å²) in [6.45, 7) is 5.77. The second-order valence-corrected chi connectivity index (χ2v) is 8.76. The number of nitrogens with zero attached hydrogens (tertiary/aromatic N) is 2. The summed E-state index contributed by atoms with van der Waals surface area (Å²) in [6, 6.07) is 0. The number of aromatic nitrogens is 1. The fourth-order valence-electron chi connectivity index (χ4n) is 4.46. The van der Waals surface area contributed by atoms with Gasteiger partial charge < -0.3 is 15.0 Å². The topological polar surface area (TPSA) is 54.5 Å². The van der Waals surface area contributed by atoms with E-state index in [9.17, 15) is 4.79 Å². The molecule has 138 valence electrons. The number of hydrogen-bond acceptors (Lipinski definition) is 5. The summed E-state index contributed by atoms with van der Waals surface area (Å²) in [5.74, 6) is 0.836. The largest absolute Gasteiger partial charge is 0.381 e. The number of carbonyl (C=O) groups excluding carboxylic acids is 1. The van der Waals surface area contributed by atoms with Crippen molar-refractivity contribution in [2.75, 3.05) is 39.4 Å². The minimum atomic E-state index is 0.254. The zero-order valence-electron chi connectivity index (χ0n) is 15.0. The third-order valence-corrected chi connectivity index (χ3v) is 7.38. The molecule has 3 saturated heterocycles. The predicted molar refractivity (Wildman–Crippen MR) is 99.0 cm³/mol. The number of piperidine rings is 2. The number of likely N-dealkylation sites (tertiary alicyclic amines) is 1. The lowest BCUT2D eigenvalue weighted by molar-refractivity contribution is -0.134. The first-order valence-electron chi connectivity index (χ1n) is 9.75. The van der Waals surface area contributed by atoms with Crippen LogP contribution in [0.2, 0.25) is 0 Å². The number of nitrogens with one attached hydrogen (secondary N) is 1. The van der Waals surface area contributed by atoms with E-state index in [1.54, 1.807) is 11.3 Å². The second-order valence-electron chi connectivity index (χ2n) is 7.87. The van der Waals surface area contributed by atoms with Crippen molar-refractivity contribution < 1.29 is 9.53 Å². The summed E-state index contributed by atoms with van der Waals surface area (Å²) in [5.41, 5.74) is 1.41. The number of rotatable bonds is 3. The molecule has 4 heterocycles. The predicted octanol–water partition coefficient (Wildman–Crippen LogP) is 2.57. The summed E-state index contributed by atoms with van der Waals surface area (Å²) in [6.07, 6.45) is 7.41. The number of ether oxygens (including phenoxy) is 1. The number of hydrogen-bond donors (Lipinski definition) is 1. The molecule has 1 aromatic rings. The molecule has 4 rings (SSSR count). The van der Waals surface area contributed by atoms with Gasteiger partial charge in [-0.1, -0.05) is 0 Å². The Kier molecular flexibility index (Phi) is 5.39. The van der Waals surface area contributed by atoms with Crippen molar-refractivity contribution in [3.8, 4) is 0 Å². The number of carbonyl (C=O) groups is 1. The molecule has 0 radical (unpaired) electrons. The zero-order chi connectivity index (χ0) is 17.1. The van der Waals surface area contributed by atoms with Gasteiger partial charge in [0.05, 0.1) is 17.1 Å². The van der Waals surface area contributed by atoms with E-state index in [1.807, 2.05) is 0 Å². The van der Waals surface area contributed by atoms with Crippen molar-refractivity contribution in [3.63, 3.8) is 0 Å². The maximum absolute atomic E-state index is 12.7. The fourth-order valence-corrected chi connectivity index (χ4v) is 5.45. The van der Waals surface area contributed by atoms with Crippen molar-refractivity contribution >= 4 is 17.2 Å². The fraction of sp³-hybridized carbons (Fsp3) is 0.789. The van der Waals surface area contributed by atoms with Crippen molar-refractivity contribution in [1.82, 2.24) is 15.2 Å². The minimum absolute atomic E-state index is 0.254. The smallest absolute Gasteiger partial charge is 0.228 e. The molecule has 0 atom stereocenters. The summed E-state index contributed by atoms with van der Waals surface area (Å²) in [5, 5.41) is 6.72. The third-order valence-electron chi connectivity index (χ3n) is 6.32. The van der Waals surface area contributed by atoms with Gasteiger partial charge in [0.2, 0.25) is 5.91 Å². The van der Waals surface area contributed by atoms with Gasteiger partial charge in [0.25, 0.3) is 0 Å². The molecule has 3 aliphatic rings. The SMILES string of the molecule is O=C(Cc1csc(C2CCNCC2)n1)N1CCC2(CCOCC2)CC1. The van der Waals surface area contributed by atoms with Crippen molar-refractivity contribution in [2.45, 2.75) is 50.9 Å². The Labute approximate surface area is 154 Å². The van der Waals surface area contributed by atoms with Crippen LogP contribution in [0.15, 0.2) is 5.38 Å². The van der Waals surface area contributed by atoms with Crippen LogP contribution in [0.4, 0.5) is 0 Å². The molecule has 1 amide bonds. The first-order chi connectivity index (χ1) is 12.2. The Balaban J connectivity index is 1.30. The highest BCUT2D eigenvalue weighted by atomic mass is 32.1. The number of amides is 1. The molecule has 6 heteroatoms. The van der Waals surface area contributed by atoms with Crippen molar-refractivity contribution in [2.24, 2.45) is 5.41 Å². The summed E-state index contributed by atoms with van der Waals surface area (Å²) in [4.78, 5) is 19.5. The van der Waals surface area contributed by atoms with Crippen LogP contribution in [0.25, 0.3) is 0 Å². The van der Waals surface area contributed by atoms with Gasteiger partial charge in [-0.25, -0.2) is 4.98 Å². The maximum Gasteiger partial charge on any atom is 0.228 e. The van der Waals surface area contributed by atoms with Crippen LogP contribution in [0.1, 0.15) is 55.1 Å². The molecule has 5 nitrogen and oxygen atoms in total. The van der Waals surface area contributed by atoms with Crippen molar-refractivity contribution in [1.29, 1.82) is 0 Å². The molecule has 0 bridgehead atoms. The molecule has 1 N–H and O–H groups in total. The lowest BCUT2D eigenvalue weighted by atomic mass is 9.72. The van der Waals surface area contributed by atoms with Crippen LogP contribution in [-0.4, -0.2) is 55.2 Å². The van der Waals surface area contributed by atoms with Gasteiger partial charge in [-0.15, -0.1) is 11.3 Å². The zero-order valence-corrected chi connectivity index (χ0v) is 15.8. The molecule has 3 fully saturated rings. The maximum atomic E-state index is 12.7. The van der Waals surface area contributed by atoms with Gasteiger partial charge in [-0.05, 0) is 57.0 Å². The summed E-state index contributed by atoms with van der Waals surface area (Å²) >= 11 is 1.74. The van der Waals surface area contributed by atoms with Crippen LogP contribution < -0.4 is 5.32 Å². The molecule has 0 unspecified atom stereocenters. The molecule has 3 aliphatic heterocycles. The Morgan fingerprint density at radius 2 is 1.96 bits per heavy atom. The number of thiazole rings is 1. The van der Waals surface area contributed by atoms with Gasteiger partial charge in [0.1, 0.15) is 0 Å². The first kappa shape index (κ1) is 17.4. The van der Waals surface area contributed by atoms with E-state index in [-0.39, 0.29) is 5.91 Å². The molecule has 0 aliphatic carbocycles. The highest BCUT2D eigenvalue weighted by Gasteiger charge is 2.37. The molecule has 1 spiro atoms. The molecule has 1 aromatic heterocycles. The Bertz CT molecular complexity index is 581. The Morgan fingerprint density at radius 3 is 2.68 bits per heavy atom. The van der Waals surface area contributed by atoms with Crippen LogP contribution in [0.3, 0.4) is 0 Å². The first-order valence-corrected chi connectivity index (χ1v) is 10.6. The second kappa shape index (κ2) is 7.72. The summed E-state index contributed by atoms with van der Waals surface area (Å²) < 4.78 is 5.51. The van der Waals surface area contributed by atoms with Gasteiger partial charge in [-0.3, -0.25) is 4.79 Å². The lowest BCUT2D eigenvalue weighted by Gasteiger charge is -2.44. The van der Waals surface area contributed by atoms with E-state index in [2.05, 4.69) is 15.6 Å². The van der Waals surface area contributed by atoms with Crippen molar-refractivity contribution in [3.05, 3.63) is 16.1 Å². The molecule has 0 saturated carbocycles. The van der Waals surface area contributed by atoms with E-state index < -0.39 is 0 Å². The van der Waals surface area contributed by atoms with Gasteiger partial charge in [0.15, 0.2) is 0 Å². The van der Waals surface area contributed by atoms with E-state index in [1.165, 1.54) is 30.7 Å². The highest BCUT2D eigenvalue weighted by Crippen LogP contribution is 2.40. The Morgan fingerprint density at radius 1 is 1.24 bits per heavy atom. The molecular formula is C19H29N3O2S. The van der Waals surface area contributed by atoms with Gasteiger partial charge >= 0.3 is 0 Å². The van der Waals surface area contributed by atoms with E-state index >= 15 is 0 Å². The minimum Gasteiger partial charge on any atom is -0.381 e. The average molecular weight is 364 g/mol. The van der Waals surface area contributed by atoms with Gasteiger partial charge in [-0.2, -0.15) is 0 Å². The molecular weight excluding hydrogens is 334 g/mol. The quantitative estimate of drug-likeness (QED) is 0.897. The highest BCUT2D eigenvalue weighted by molar-refractivity contribution is 7.09. The average Bonchev–Trinajstić information content (AvgIpc) is 3.12. The normalized spacial score (nSPS) is 24.6. The van der Waals surface area contributed by atoms with Crippen LogP contribution >= 0.6 is 11.3 Å². The molecule has 0 aromatic carbocycles. The third kappa shape index (κ3) is 4.07. The monoisotopic (exact) mass is 363 g/mol. The Hall–Kier alpha value is -0.980. The van der Waals surface area contributed by atoms with Crippen LogP contribution in [0, 0.1) is 5.41 Å². The molecule has 25 heavy (non-hydrogen) atoms. The summed E-state index contributed by atoms with van der Waals surface area (Å²) in [7, 11) is 0. The van der Waals surface area contributed by atoms with Crippen LogP contribution in [-0.2, 0) is 16.0 Å². The standard InChI is InChI=1S/C19H29N3O2S/c23-17(22-9-3-19(4-10-22)5-11-24-12-6-19)13-16-14-25-18(21-16)15-1-7-20-8-2-15/h14-15,20H,1-13H2. The van der Waals surface area contributed by atoms with E-state index in [0.29, 0.717) is 17.8 Å². The van der Waals surface area contributed by atoms with E-state index in [4.69, 9.17) is 9.72 Å². The van der Waals surface area contributed by atoms with E-state index in [0.717, 1.165) is 57.9 Å². The lowest BCUT2D eigenvalue weighted by Crippen LogP contribution is -2.45. The van der Waals surface area contributed by atoms with Gasteiger partial charge in [0, 0.05) is 37.6 Å². The van der Waals surface area contributed by atoms with Crippen LogP contribution in [0.5, 0.6) is 0 Å².